The van der Waals surface area contributed by atoms with Gasteiger partial charge in [-0.25, -0.2) is 0 Å². The third-order valence-electron chi connectivity index (χ3n) is 5.85. The number of carbonyl (C=O) groups excluding carboxylic acids is 1. The first-order chi connectivity index (χ1) is 14.3. The van der Waals surface area contributed by atoms with Crippen LogP contribution in [0.1, 0.15) is 38.5 Å². The molecule has 160 valence electrons. The number of phenolic OH excluding ortho intramolecular Hbond substituents is 2. The topological polar surface area (TPSA) is 168 Å². The number of rotatable bonds is 3. The normalized spacial score (nSPS) is 30.6. The monoisotopic (exact) mass is 418 g/mol. The van der Waals surface area contributed by atoms with Crippen molar-refractivity contribution >= 4 is 5.78 Å². The van der Waals surface area contributed by atoms with Crippen LogP contribution in [0.25, 0.3) is 0 Å². The number of aromatic hydroxyl groups is 2. The lowest BCUT2D eigenvalue weighted by Crippen LogP contribution is -2.60. The first-order valence-corrected chi connectivity index (χ1v) is 9.43. The summed E-state index contributed by atoms with van der Waals surface area (Å²) in [6.07, 6.45) is -7.22. The molecule has 0 aromatic heterocycles. The lowest BCUT2D eigenvalue weighted by atomic mass is 9.71. The number of benzene rings is 2. The minimum absolute atomic E-state index is 0.0843. The molecule has 1 aliphatic carbocycles. The van der Waals surface area contributed by atoms with Crippen LogP contribution in [0.2, 0.25) is 0 Å². The third kappa shape index (κ3) is 2.99. The zero-order chi connectivity index (χ0) is 21.7. The van der Waals surface area contributed by atoms with Gasteiger partial charge in [-0.2, -0.15) is 0 Å². The molecule has 1 fully saturated rings. The van der Waals surface area contributed by atoms with E-state index in [2.05, 4.69) is 0 Å². The van der Waals surface area contributed by atoms with E-state index in [9.17, 15) is 40.5 Å². The molecular weight excluding hydrogens is 396 g/mol. The van der Waals surface area contributed by atoms with Gasteiger partial charge in [0, 0.05) is 5.92 Å². The molecule has 2 aromatic carbocycles. The summed E-state index contributed by atoms with van der Waals surface area (Å²) in [5.74, 6) is -2.34. The first kappa shape index (κ1) is 20.7. The largest absolute Gasteiger partial charge is 0.507 e. The first-order valence-electron chi connectivity index (χ1n) is 9.43. The molecule has 6 atom stereocenters. The minimum Gasteiger partial charge on any atom is -0.507 e. The summed E-state index contributed by atoms with van der Waals surface area (Å²) in [6, 6.07) is 7.06. The lowest BCUT2D eigenvalue weighted by molar-refractivity contribution is -0.232. The Hall–Kier alpha value is -2.53. The van der Waals surface area contributed by atoms with E-state index in [1.165, 1.54) is 24.3 Å². The average molecular weight is 418 g/mol. The fraction of sp³-hybridized carbons (Fsp3) is 0.381. The summed E-state index contributed by atoms with van der Waals surface area (Å²) in [5, 5.41) is 71.0. The van der Waals surface area contributed by atoms with Gasteiger partial charge in [0.15, 0.2) is 0 Å². The summed E-state index contributed by atoms with van der Waals surface area (Å²) in [4.78, 5) is 13.1. The van der Waals surface area contributed by atoms with Crippen LogP contribution in [0.4, 0.5) is 0 Å². The highest BCUT2D eigenvalue weighted by atomic mass is 16.5. The lowest BCUT2D eigenvalue weighted by Gasteiger charge is -2.45. The molecule has 1 saturated heterocycles. The summed E-state index contributed by atoms with van der Waals surface area (Å²) >= 11 is 0. The summed E-state index contributed by atoms with van der Waals surface area (Å²) in [6.45, 7) is -1.06. The third-order valence-corrected chi connectivity index (χ3v) is 5.85. The number of fused-ring (bicyclic) bond motifs is 2. The fourth-order valence-electron chi connectivity index (χ4n) is 4.41. The number of aliphatic hydroxyl groups is 5. The van der Waals surface area contributed by atoms with Crippen molar-refractivity contribution in [2.24, 2.45) is 0 Å². The highest BCUT2D eigenvalue weighted by Gasteiger charge is 2.50. The molecule has 0 spiro atoms. The van der Waals surface area contributed by atoms with E-state index in [0.29, 0.717) is 5.56 Å². The van der Waals surface area contributed by atoms with E-state index in [0.717, 1.165) is 0 Å². The second-order valence-electron chi connectivity index (χ2n) is 7.58. The van der Waals surface area contributed by atoms with Gasteiger partial charge in [0.05, 0.1) is 30.4 Å². The minimum atomic E-state index is -1.64. The molecule has 2 aromatic rings. The Morgan fingerprint density at radius 2 is 1.57 bits per heavy atom. The van der Waals surface area contributed by atoms with E-state index in [1.54, 1.807) is 6.07 Å². The Bertz CT molecular complexity index is 987. The van der Waals surface area contributed by atoms with Gasteiger partial charge in [0.1, 0.15) is 35.9 Å². The Labute approximate surface area is 171 Å². The maximum Gasteiger partial charge on any atom is 0.201 e. The van der Waals surface area contributed by atoms with Crippen LogP contribution in [0.3, 0.4) is 0 Å². The maximum atomic E-state index is 13.1. The molecule has 1 heterocycles. The molecular formula is C21H22O9. The molecule has 0 unspecified atom stereocenters. The number of ketones is 1. The van der Waals surface area contributed by atoms with E-state index in [-0.39, 0.29) is 28.0 Å². The quantitative estimate of drug-likeness (QED) is 0.334. The van der Waals surface area contributed by atoms with Crippen LogP contribution in [-0.2, 0) is 11.3 Å². The molecule has 0 amide bonds. The number of hydrogen-bond acceptors (Lipinski definition) is 9. The van der Waals surface area contributed by atoms with Gasteiger partial charge in [0.2, 0.25) is 5.78 Å². The van der Waals surface area contributed by atoms with Crippen LogP contribution >= 0.6 is 0 Å². The van der Waals surface area contributed by atoms with Crippen molar-refractivity contribution in [2.75, 3.05) is 6.61 Å². The second kappa shape index (κ2) is 7.62. The molecule has 9 heteroatoms. The summed E-state index contributed by atoms with van der Waals surface area (Å²) < 4.78 is 5.73. The van der Waals surface area contributed by atoms with Crippen molar-refractivity contribution in [3.63, 3.8) is 0 Å². The number of phenols is 2. The van der Waals surface area contributed by atoms with Crippen molar-refractivity contribution in [3.8, 4) is 11.5 Å². The molecule has 0 bridgehead atoms. The van der Waals surface area contributed by atoms with Crippen molar-refractivity contribution in [3.05, 3.63) is 58.1 Å². The number of carbonyl (C=O) groups is 1. The zero-order valence-corrected chi connectivity index (χ0v) is 15.7. The van der Waals surface area contributed by atoms with Gasteiger partial charge in [-0.15, -0.1) is 0 Å². The van der Waals surface area contributed by atoms with Crippen LogP contribution in [-0.4, -0.2) is 78.7 Å². The molecule has 0 saturated carbocycles. The summed E-state index contributed by atoms with van der Waals surface area (Å²) in [5.41, 5.74) is 0.609. The maximum absolute atomic E-state index is 13.1. The van der Waals surface area contributed by atoms with Crippen LogP contribution < -0.4 is 0 Å². The molecule has 30 heavy (non-hydrogen) atoms. The molecule has 2 aliphatic rings. The van der Waals surface area contributed by atoms with E-state index in [4.69, 9.17) is 4.74 Å². The Balaban J connectivity index is 1.96. The Morgan fingerprint density at radius 3 is 2.23 bits per heavy atom. The summed E-state index contributed by atoms with van der Waals surface area (Å²) in [7, 11) is 0. The van der Waals surface area contributed by atoms with Gasteiger partial charge >= 0.3 is 0 Å². The van der Waals surface area contributed by atoms with E-state index < -0.39 is 61.2 Å². The SMILES string of the molecule is O=C1c2c(O)cccc2[C@@H]([C@@H]2O[C@H](CO)[C@H](O)[C@@H](O)[C@@H]2O)c2cc(CO)cc(O)c21. The Morgan fingerprint density at radius 1 is 0.867 bits per heavy atom. The fourth-order valence-corrected chi connectivity index (χ4v) is 4.41. The number of hydrogen-bond donors (Lipinski definition) is 7. The van der Waals surface area contributed by atoms with Crippen molar-refractivity contribution in [1.82, 2.24) is 0 Å². The molecule has 9 nitrogen and oxygen atoms in total. The van der Waals surface area contributed by atoms with Gasteiger partial charge in [-0.05, 0) is 28.8 Å². The van der Waals surface area contributed by atoms with Crippen molar-refractivity contribution < 1.29 is 45.3 Å². The van der Waals surface area contributed by atoms with Crippen molar-refractivity contribution in [2.45, 2.75) is 43.0 Å². The van der Waals surface area contributed by atoms with Crippen LogP contribution in [0, 0.1) is 0 Å². The average Bonchev–Trinajstić information content (AvgIpc) is 2.73. The van der Waals surface area contributed by atoms with Crippen molar-refractivity contribution in [1.29, 1.82) is 0 Å². The van der Waals surface area contributed by atoms with Gasteiger partial charge in [-0.1, -0.05) is 18.2 Å². The number of aliphatic hydroxyl groups excluding tert-OH is 5. The standard InChI is InChI=1S/C21H22O9/c22-6-8-4-10-14(21-20(29)19(28)17(26)13(7-23)30-21)9-2-1-3-11(24)15(9)18(27)16(10)12(25)5-8/h1-5,13-14,17,19-26,28-29H,6-7H2/t13-,14-,17+,19-,20+,21+/m1/s1. The molecule has 0 radical (unpaired) electrons. The number of ether oxygens (including phenoxy) is 1. The molecule has 7 N–H and O–H groups in total. The van der Waals surface area contributed by atoms with Crippen LogP contribution in [0.5, 0.6) is 11.5 Å². The van der Waals surface area contributed by atoms with Crippen LogP contribution in [0.15, 0.2) is 30.3 Å². The second-order valence-corrected chi connectivity index (χ2v) is 7.58. The Kier molecular flexibility index (Phi) is 5.27. The zero-order valence-electron chi connectivity index (χ0n) is 15.7. The molecule has 1 aliphatic heterocycles. The predicted molar refractivity (Wildman–Crippen MR) is 101 cm³/mol. The van der Waals surface area contributed by atoms with E-state index >= 15 is 0 Å². The highest BCUT2D eigenvalue weighted by Crippen LogP contribution is 2.47. The highest BCUT2D eigenvalue weighted by molar-refractivity contribution is 6.16. The van der Waals surface area contributed by atoms with Gasteiger partial charge < -0.3 is 40.5 Å². The predicted octanol–water partition coefficient (Wildman–Crippen LogP) is -0.891. The van der Waals surface area contributed by atoms with E-state index in [1.807, 2.05) is 0 Å². The van der Waals surface area contributed by atoms with Gasteiger partial charge in [0.25, 0.3) is 0 Å². The van der Waals surface area contributed by atoms with Gasteiger partial charge in [-0.3, -0.25) is 4.79 Å². The smallest absolute Gasteiger partial charge is 0.201 e. The molecule has 4 rings (SSSR count).